The second-order valence-corrected chi connectivity index (χ2v) is 7.16. The fraction of sp³-hybridized carbons (Fsp3) is 0.429. The number of aryl methyl sites for hydroxylation is 2. The maximum absolute atomic E-state index is 10.3. The fourth-order valence-electron chi connectivity index (χ4n) is 3.28. The molecular formula is C21H28O2. The molecule has 124 valence electrons. The average Bonchev–Trinajstić information content (AvgIpc) is 2.45. The van der Waals surface area contributed by atoms with E-state index in [1.807, 2.05) is 24.3 Å². The Bertz CT molecular complexity index is 651. The quantitative estimate of drug-likeness (QED) is 0.776. The Kier molecular flexibility index (Phi) is 5.03. The molecule has 2 heteroatoms. The van der Waals surface area contributed by atoms with Crippen LogP contribution in [0.25, 0.3) is 0 Å². The van der Waals surface area contributed by atoms with E-state index in [0.29, 0.717) is 29.8 Å². The molecule has 0 amide bonds. The molecule has 2 aromatic rings. The minimum absolute atomic E-state index is 0.310. The van der Waals surface area contributed by atoms with Gasteiger partial charge in [-0.25, -0.2) is 0 Å². The third kappa shape index (κ3) is 3.69. The first kappa shape index (κ1) is 17.4. The Morgan fingerprint density at radius 1 is 0.696 bits per heavy atom. The Morgan fingerprint density at radius 3 is 1.35 bits per heavy atom. The summed E-state index contributed by atoms with van der Waals surface area (Å²) in [6.07, 6.45) is 0.538. The van der Waals surface area contributed by atoms with Crippen LogP contribution in [-0.4, -0.2) is 10.2 Å². The molecule has 2 aromatic carbocycles. The average molecular weight is 312 g/mol. The van der Waals surface area contributed by atoms with E-state index in [2.05, 4.69) is 41.5 Å². The number of phenolic OH excluding ortho intramolecular Hbond substituents is 2. The highest BCUT2D eigenvalue weighted by molar-refractivity contribution is 5.49. The summed E-state index contributed by atoms with van der Waals surface area (Å²) >= 11 is 0. The zero-order valence-electron chi connectivity index (χ0n) is 15.1. The van der Waals surface area contributed by atoms with Gasteiger partial charge in [-0.2, -0.15) is 0 Å². The van der Waals surface area contributed by atoms with Crippen LogP contribution in [0.1, 0.15) is 72.9 Å². The number of benzene rings is 2. The number of rotatable bonds is 4. The van der Waals surface area contributed by atoms with Crippen LogP contribution in [0.15, 0.2) is 24.3 Å². The molecule has 0 aliphatic heterocycles. The van der Waals surface area contributed by atoms with Crippen molar-refractivity contribution in [1.29, 1.82) is 0 Å². The fourth-order valence-corrected chi connectivity index (χ4v) is 3.28. The predicted octanol–water partition coefficient (Wildman–Crippen LogP) is 5.55. The number of aromatic hydroxyl groups is 2. The maximum atomic E-state index is 10.3. The number of hydrogen-bond donors (Lipinski definition) is 2. The zero-order chi connectivity index (χ0) is 17.3. The van der Waals surface area contributed by atoms with Gasteiger partial charge in [0.05, 0.1) is 0 Å². The van der Waals surface area contributed by atoms with Crippen molar-refractivity contribution in [3.8, 4) is 11.5 Å². The van der Waals surface area contributed by atoms with Gasteiger partial charge in [0, 0.05) is 6.42 Å². The second-order valence-electron chi connectivity index (χ2n) is 7.16. The highest BCUT2D eigenvalue weighted by Gasteiger charge is 2.14. The van der Waals surface area contributed by atoms with E-state index in [1.54, 1.807) is 0 Å². The Hall–Kier alpha value is -1.96. The zero-order valence-corrected chi connectivity index (χ0v) is 15.1. The van der Waals surface area contributed by atoms with Crippen molar-refractivity contribution in [3.63, 3.8) is 0 Å². The Labute approximate surface area is 139 Å². The van der Waals surface area contributed by atoms with Crippen LogP contribution in [-0.2, 0) is 6.42 Å². The third-order valence-electron chi connectivity index (χ3n) is 4.56. The molecule has 2 rings (SSSR count). The normalized spacial score (nSPS) is 11.5. The third-order valence-corrected chi connectivity index (χ3v) is 4.56. The number of hydrogen-bond acceptors (Lipinski definition) is 2. The van der Waals surface area contributed by atoms with E-state index >= 15 is 0 Å². The molecule has 0 spiro atoms. The minimum Gasteiger partial charge on any atom is -0.508 e. The van der Waals surface area contributed by atoms with Crippen molar-refractivity contribution in [2.75, 3.05) is 0 Å². The highest BCUT2D eigenvalue weighted by Crippen LogP contribution is 2.33. The Balaban J connectivity index is 2.40. The van der Waals surface area contributed by atoms with E-state index in [1.165, 1.54) is 22.3 Å². The van der Waals surface area contributed by atoms with Crippen molar-refractivity contribution in [1.82, 2.24) is 0 Å². The van der Waals surface area contributed by atoms with Crippen LogP contribution in [0.5, 0.6) is 11.5 Å². The van der Waals surface area contributed by atoms with Crippen LogP contribution in [0.4, 0.5) is 0 Å². The maximum Gasteiger partial charge on any atom is 0.119 e. The molecule has 0 saturated carbocycles. The second kappa shape index (κ2) is 6.66. The van der Waals surface area contributed by atoms with E-state index in [4.69, 9.17) is 0 Å². The molecule has 0 heterocycles. The molecule has 0 aromatic heterocycles. The van der Waals surface area contributed by atoms with E-state index in [0.717, 1.165) is 11.1 Å². The van der Waals surface area contributed by atoms with Crippen molar-refractivity contribution >= 4 is 0 Å². The highest BCUT2D eigenvalue weighted by atomic mass is 16.3. The molecule has 0 aliphatic carbocycles. The van der Waals surface area contributed by atoms with Gasteiger partial charge in [0.1, 0.15) is 11.5 Å². The van der Waals surface area contributed by atoms with Crippen LogP contribution < -0.4 is 0 Å². The standard InChI is InChI=1S/C21H28O2/c1-12(2)18-10-20(22)16(7-14(18)5)9-17-8-15(6)19(13(3)4)11-21(17)23/h7-8,10-13,22-23H,9H2,1-6H3. The molecule has 0 saturated heterocycles. The van der Waals surface area contributed by atoms with Gasteiger partial charge in [-0.3, -0.25) is 0 Å². The first-order chi connectivity index (χ1) is 10.7. The molecule has 0 bridgehead atoms. The summed E-state index contributed by atoms with van der Waals surface area (Å²) in [7, 11) is 0. The van der Waals surface area contributed by atoms with Gasteiger partial charge in [0.15, 0.2) is 0 Å². The summed E-state index contributed by atoms with van der Waals surface area (Å²) < 4.78 is 0. The molecule has 23 heavy (non-hydrogen) atoms. The van der Waals surface area contributed by atoms with Crippen molar-refractivity contribution in [3.05, 3.63) is 57.6 Å². The monoisotopic (exact) mass is 312 g/mol. The SMILES string of the molecule is Cc1cc(Cc2cc(C)c(C(C)C)cc2O)c(O)cc1C(C)C. The van der Waals surface area contributed by atoms with Gasteiger partial charge < -0.3 is 10.2 Å². The molecule has 0 fully saturated rings. The summed E-state index contributed by atoms with van der Waals surface area (Å²) in [5.41, 5.74) is 6.42. The van der Waals surface area contributed by atoms with Crippen LogP contribution in [0, 0.1) is 13.8 Å². The molecule has 2 nitrogen and oxygen atoms in total. The molecular weight excluding hydrogens is 284 g/mol. The van der Waals surface area contributed by atoms with Gasteiger partial charge in [-0.05, 0) is 71.2 Å². The van der Waals surface area contributed by atoms with Gasteiger partial charge in [-0.15, -0.1) is 0 Å². The minimum atomic E-state index is 0.310. The molecule has 2 N–H and O–H groups in total. The predicted molar refractivity (Wildman–Crippen MR) is 96.7 cm³/mol. The van der Waals surface area contributed by atoms with Gasteiger partial charge >= 0.3 is 0 Å². The lowest BCUT2D eigenvalue weighted by Crippen LogP contribution is -1.99. The lowest BCUT2D eigenvalue weighted by molar-refractivity contribution is 0.461. The lowest BCUT2D eigenvalue weighted by Gasteiger charge is -2.16. The molecule has 0 atom stereocenters. The van der Waals surface area contributed by atoms with E-state index in [9.17, 15) is 10.2 Å². The van der Waals surface area contributed by atoms with Crippen molar-refractivity contribution in [2.45, 2.75) is 59.8 Å². The van der Waals surface area contributed by atoms with Crippen molar-refractivity contribution < 1.29 is 10.2 Å². The van der Waals surface area contributed by atoms with Gasteiger partial charge in [0.25, 0.3) is 0 Å². The van der Waals surface area contributed by atoms with E-state index < -0.39 is 0 Å². The molecule has 0 aliphatic rings. The summed E-state index contributed by atoms with van der Waals surface area (Å²) in [6.45, 7) is 12.7. The van der Waals surface area contributed by atoms with Gasteiger partial charge in [0.2, 0.25) is 0 Å². The van der Waals surface area contributed by atoms with Crippen LogP contribution in [0.3, 0.4) is 0 Å². The summed E-state index contributed by atoms with van der Waals surface area (Å²) in [5.74, 6) is 1.39. The molecule has 0 radical (unpaired) electrons. The topological polar surface area (TPSA) is 40.5 Å². The largest absolute Gasteiger partial charge is 0.508 e. The summed E-state index contributed by atoms with van der Waals surface area (Å²) in [6, 6.07) is 7.80. The lowest BCUT2D eigenvalue weighted by atomic mass is 9.91. The smallest absolute Gasteiger partial charge is 0.119 e. The van der Waals surface area contributed by atoms with Crippen LogP contribution >= 0.6 is 0 Å². The van der Waals surface area contributed by atoms with Crippen molar-refractivity contribution in [2.24, 2.45) is 0 Å². The molecule has 0 unspecified atom stereocenters. The van der Waals surface area contributed by atoms with Crippen LogP contribution in [0.2, 0.25) is 0 Å². The van der Waals surface area contributed by atoms with E-state index in [-0.39, 0.29) is 0 Å². The summed E-state index contributed by atoms with van der Waals surface area (Å²) in [4.78, 5) is 0. The van der Waals surface area contributed by atoms with Gasteiger partial charge in [-0.1, -0.05) is 39.8 Å². The first-order valence-electron chi connectivity index (χ1n) is 8.35. The summed E-state index contributed by atoms with van der Waals surface area (Å²) in [5, 5.41) is 20.7. The number of phenols is 2. The Morgan fingerprint density at radius 2 is 1.04 bits per heavy atom. The first-order valence-corrected chi connectivity index (χ1v) is 8.35.